The number of nitrogens with one attached hydrogen (secondary N) is 2. The number of rotatable bonds is 3. The molecule has 81 valence electrons. The number of hydrogen-bond acceptors (Lipinski definition) is 3. The van der Waals surface area contributed by atoms with E-state index in [0.717, 1.165) is 12.8 Å². The maximum absolute atomic E-state index is 11.1. The summed E-state index contributed by atoms with van der Waals surface area (Å²) < 4.78 is 5.04. The molecule has 1 rings (SSSR count). The van der Waals surface area contributed by atoms with Gasteiger partial charge in [-0.05, 0) is 46.0 Å². The first-order valence-corrected chi connectivity index (χ1v) is 4.88. The maximum atomic E-state index is 11.1. The Labute approximate surface area is 85.4 Å². The van der Waals surface area contributed by atoms with Crippen molar-refractivity contribution in [3.63, 3.8) is 0 Å². The number of carbonyl (C=O) groups excluding carboxylic acids is 1. The van der Waals surface area contributed by atoms with Gasteiger partial charge in [0.1, 0.15) is 5.60 Å². The van der Waals surface area contributed by atoms with Gasteiger partial charge >= 0.3 is 6.09 Å². The molecule has 0 aromatic rings. The zero-order chi connectivity index (χ0) is 10.8. The van der Waals surface area contributed by atoms with E-state index in [2.05, 4.69) is 17.8 Å². The molecule has 0 unspecified atom stereocenters. The zero-order valence-electron chi connectivity index (χ0n) is 9.14. The molecule has 1 radical (unpaired) electrons. The Hall–Kier alpha value is -0.770. The van der Waals surface area contributed by atoms with Crippen LogP contribution in [0.15, 0.2) is 0 Å². The molecule has 0 aliphatic heterocycles. The Morgan fingerprint density at radius 1 is 1.50 bits per heavy atom. The van der Waals surface area contributed by atoms with Gasteiger partial charge in [0.05, 0.1) is 0 Å². The van der Waals surface area contributed by atoms with E-state index in [1.807, 2.05) is 20.8 Å². The summed E-state index contributed by atoms with van der Waals surface area (Å²) in [6.07, 6.45) is 1.80. The molecule has 0 heterocycles. The number of amides is 1. The van der Waals surface area contributed by atoms with E-state index >= 15 is 0 Å². The molecular formula is C10H19N2O2. The van der Waals surface area contributed by atoms with E-state index in [1.165, 1.54) is 0 Å². The van der Waals surface area contributed by atoms with Crippen LogP contribution in [0.5, 0.6) is 0 Å². The summed E-state index contributed by atoms with van der Waals surface area (Å²) in [6, 6.07) is 0. The van der Waals surface area contributed by atoms with E-state index in [4.69, 9.17) is 4.74 Å². The highest BCUT2D eigenvalue weighted by Crippen LogP contribution is 2.43. The van der Waals surface area contributed by atoms with Crippen LogP contribution in [0.2, 0.25) is 0 Å². The third-order valence-electron chi connectivity index (χ3n) is 2.01. The van der Waals surface area contributed by atoms with E-state index in [0.29, 0.717) is 6.54 Å². The van der Waals surface area contributed by atoms with Gasteiger partial charge in [-0.2, -0.15) is 0 Å². The lowest BCUT2D eigenvalue weighted by molar-refractivity contribution is 0.0495. The van der Waals surface area contributed by atoms with Crippen molar-refractivity contribution in [3.8, 4) is 0 Å². The lowest BCUT2D eigenvalue weighted by Gasteiger charge is -2.20. The van der Waals surface area contributed by atoms with Gasteiger partial charge in [-0.25, -0.2) is 10.2 Å². The highest BCUT2D eigenvalue weighted by atomic mass is 16.6. The zero-order valence-corrected chi connectivity index (χ0v) is 9.14. The van der Waals surface area contributed by atoms with Gasteiger partial charge in [-0.1, -0.05) is 0 Å². The molecule has 1 fully saturated rings. The molecule has 2 N–H and O–H groups in total. The van der Waals surface area contributed by atoms with Gasteiger partial charge in [0.25, 0.3) is 0 Å². The lowest BCUT2D eigenvalue weighted by Crippen LogP contribution is -2.43. The molecule has 0 aromatic heterocycles. The number of hydrazine groups is 1. The summed E-state index contributed by atoms with van der Waals surface area (Å²) in [6.45, 7) is 10.2. The Balaban J connectivity index is 2.09. The van der Waals surface area contributed by atoms with Crippen LogP contribution in [0.3, 0.4) is 0 Å². The fourth-order valence-corrected chi connectivity index (χ4v) is 0.961. The highest BCUT2D eigenvalue weighted by molar-refractivity contribution is 5.66. The maximum Gasteiger partial charge on any atom is 0.422 e. The van der Waals surface area contributed by atoms with Gasteiger partial charge in [0.15, 0.2) is 0 Å². The third-order valence-corrected chi connectivity index (χ3v) is 2.01. The fourth-order valence-electron chi connectivity index (χ4n) is 0.961. The van der Waals surface area contributed by atoms with Gasteiger partial charge in [0, 0.05) is 6.54 Å². The molecule has 4 heteroatoms. The van der Waals surface area contributed by atoms with Gasteiger partial charge in [-0.3, -0.25) is 5.43 Å². The van der Waals surface area contributed by atoms with E-state index in [-0.39, 0.29) is 5.41 Å². The van der Waals surface area contributed by atoms with Crippen molar-refractivity contribution < 1.29 is 9.53 Å². The highest BCUT2D eigenvalue weighted by Gasteiger charge is 2.37. The molecule has 1 saturated carbocycles. The molecule has 0 atom stereocenters. The first-order valence-electron chi connectivity index (χ1n) is 4.88. The van der Waals surface area contributed by atoms with Gasteiger partial charge in [0.2, 0.25) is 0 Å². The third kappa shape index (κ3) is 4.46. The van der Waals surface area contributed by atoms with Crippen molar-refractivity contribution in [2.45, 2.75) is 39.2 Å². The smallest absolute Gasteiger partial charge is 0.422 e. The summed E-state index contributed by atoms with van der Waals surface area (Å²) in [5.74, 6) is 0. The summed E-state index contributed by atoms with van der Waals surface area (Å²) in [5.41, 5.74) is 4.99. The van der Waals surface area contributed by atoms with Crippen LogP contribution in [0.4, 0.5) is 4.79 Å². The fraction of sp³-hybridized carbons (Fsp3) is 0.800. The first kappa shape index (κ1) is 11.3. The molecule has 0 spiro atoms. The second-order valence-electron chi connectivity index (χ2n) is 4.98. The van der Waals surface area contributed by atoms with Gasteiger partial charge in [-0.15, -0.1) is 0 Å². The topological polar surface area (TPSA) is 50.4 Å². The molecule has 4 nitrogen and oxygen atoms in total. The minimum absolute atomic E-state index is 0.134. The lowest BCUT2D eigenvalue weighted by atomic mass is 10.1. The number of carbonyl (C=O) groups is 1. The van der Waals surface area contributed by atoms with Crippen molar-refractivity contribution in [1.29, 1.82) is 0 Å². The minimum Gasteiger partial charge on any atom is -0.443 e. The Kier molecular flexibility index (Phi) is 3.04. The quantitative estimate of drug-likeness (QED) is 0.679. The van der Waals surface area contributed by atoms with Crippen LogP contribution in [0.25, 0.3) is 0 Å². The van der Waals surface area contributed by atoms with Crippen LogP contribution in [0.1, 0.15) is 33.6 Å². The average molecular weight is 199 g/mol. The SMILES string of the molecule is [CH2]C1(CNNC(=O)OC(C)(C)C)CC1. The molecule has 0 saturated heterocycles. The van der Waals surface area contributed by atoms with E-state index in [9.17, 15) is 4.79 Å². The molecule has 1 aliphatic carbocycles. The van der Waals surface area contributed by atoms with Crippen LogP contribution in [-0.2, 0) is 4.74 Å². The molecule has 0 aromatic carbocycles. The van der Waals surface area contributed by atoms with Crippen molar-refractivity contribution in [2.75, 3.05) is 6.54 Å². The average Bonchev–Trinajstić information content (AvgIpc) is 2.64. The predicted octanol–water partition coefficient (Wildman–Crippen LogP) is 1.63. The van der Waals surface area contributed by atoms with Gasteiger partial charge < -0.3 is 4.74 Å². The van der Waals surface area contributed by atoms with Crippen molar-refractivity contribution in [2.24, 2.45) is 5.41 Å². The number of ether oxygens (including phenoxy) is 1. The number of hydrogen-bond donors (Lipinski definition) is 2. The van der Waals surface area contributed by atoms with Crippen LogP contribution in [0, 0.1) is 12.3 Å². The van der Waals surface area contributed by atoms with Crippen molar-refractivity contribution in [1.82, 2.24) is 10.9 Å². The molecular weight excluding hydrogens is 180 g/mol. The van der Waals surface area contributed by atoms with Crippen LogP contribution in [-0.4, -0.2) is 18.2 Å². The summed E-state index contributed by atoms with van der Waals surface area (Å²) in [7, 11) is 0. The van der Waals surface area contributed by atoms with E-state index < -0.39 is 11.7 Å². The van der Waals surface area contributed by atoms with Crippen LogP contribution >= 0.6 is 0 Å². The standard InChI is InChI=1S/C10H19N2O2/c1-9(2,3)14-8(13)12-11-7-10(4)5-6-10/h11H,4-7H2,1-3H3,(H,12,13). The summed E-state index contributed by atoms with van der Waals surface area (Å²) in [5, 5.41) is 0. The Bertz CT molecular complexity index is 217. The van der Waals surface area contributed by atoms with Crippen molar-refractivity contribution >= 4 is 6.09 Å². The monoisotopic (exact) mass is 199 g/mol. The Morgan fingerprint density at radius 2 is 2.07 bits per heavy atom. The second kappa shape index (κ2) is 3.77. The molecule has 14 heavy (non-hydrogen) atoms. The van der Waals surface area contributed by atoms with Crippen molar-refractivity contribution in [3.05, 3.63) is 6.92 Å². The largest absolute Gasteiger partial charge is 0.443 e. The van der Waals surface area contributed by atoms with E-state index in [1.54, 1.807) is 0 Å². The second-order valence-corrected chi connectivity index (χ2v) is 4.98. The Morgan fingerprint density at radius 3 is 2.50 bits per heavy atom. The normalized spacial score (nSPS) is 18.9. The predicted molar refractivity (Wildman–Crippen MR) is 54.4 cm³/mol. The summed E-state index contributed by atoms with van der Waals surface area (Å²) >= 11 is 0. The first-order chi connectivity index (χ1) is 6.31. The van der Waals surface area contributed by atoms with Crippen LogP contribution < -0.4 is 10.9 Å². The molecule has 1 aliphatic rings. The molecule has 0 bridgehead atoms. The summed E-state index contributed by atoms with van der Waals surface area (Å²) in [4.78, 5) is 11.1. The minimum atomic E-state index is -0.451. The molecule has 1 amide bonds.